The molecule has 0 spiro atoms. The Morgan fingerprint density at radius 3 is 2.55 bits per heavy atom. The molecule has 1 aromatic carbocycles. The van der Waals surface area contributed by atoms with Gasteiger partial charge in [-0.3, -0.25) is 14.3 Å². The number of benzene rings is 1. The number of nitrogens with one attached hydrogen (secondary N) is 1. The van der Waals surface area contributed by atoms with E-state index < -0.39 is 23.7 Å². The molecule has 2 aromatic rings. The summed E-state index contributed by atoms with van der Waals surface area (Å²) in [7, 11) is 1.11. The number of aromatic nitrogens is 2. The van der Waals surface area contributed by atoms with Gasteiger partial charge in [0.2, 0.25) is 0 Å². The van der Waals surface area contributed by atoms with Crippen LogP contribution < -0.4 is 16.0 Å². The van der Waals surface area contributed by atoms with Gasteiger partial charge < -0.3 is 16.0 Å². The average Bonchev–Trinajstić information content (AvgIpc) is 3.04. The molecule has 1 fully saturated rings. The Balaban J connectivity index is 1.85. The summed E-state index contributed by atoms with van der Waals surface area (Å²) in [6.45, 7) is 2.86. The minimum atomic E-state index is -4.62. The van der Waals surface area contributed by atoms with Crippen LogP contribution in [-0.2, 0) is 13.2 Å². The maximum atomic E-state index is 12.9. The van der Waals surface area contributed by atoms with Crippen LogP contribution in [0.4, 0.5) is 24.5 Å². The molecular formula is C19H22F3N5O2. The van der Waals surface area contributed by atoms with Gasteiger partial charge in [-0.2, -0.15) is 18.3 Å². The van der Waals surface area contributed by atoms with Gasteiger partial charge in [0.25, 0.3) is 11.8 Å². The van der Waals surface area contributed by atoms with Crippen molar-refractivity contribution in [1.29, 1.82) is 0 Å². The predicted molar refractivity (Wildman–Crippen MR) is 102 cm³/mol. The third-order valence-electron chi connectivity index (χ3n) is 5.04. The lowest BCUT2D eigenvalue weighted by atomic mass is 10.0. The number of primary amides is 1. The molecule has 2 heterocycles. The van der Waals surface area contributed by atoms with Crippen LogP contribution in [0.25, 0.3) is 0 Å². The topological polar surface area (TPSA) is 93.2 Å². The van der Waals surface area contributed by atoms with Crippen molar-refractivity contribution in [3.8, 4) is 0 Å². The van der Waals surface area contributed by atoms with Gasteiger partial charge in [-0.25, -0.2) is 0 Å². The molecule has 1 aromatic heterocycles. The Morgan fingerprint density at radius 1 is 1.24 bits per heavy atom. The number of hydrogen-bond acceptors (Lipinski definition) is 4. The Hall–Kier alpha value is -3.04. The number of carbonyl (C=O) groups is 2. The minimum absolute atomic E-state index is 0.244. The van der Waals surface area contributed by atoms with E-state index in [1.54, 1.807) is 12.1 Å². The van der Waals surface area contributed by atoms with Crippen molar-refractivity contribution in [1.82, 2.24) is 9.78 Å². The smallest absolute Gasteiger partial charge is 0.368 e. The summed E-state index contributed by atoms with van der Waals surface area (Å²) in [4.78, 5) is 26.4. The largest absolute Gasteiger partial charge is 0.433 e. The van der Waals surface area contributed by atoms with Gasteiger partial charge in [0.05, 0.1) is 5.56 Å². The molecule has 3 rings (SSSR count). The van der Waals surface area contributed by atoms with Crippen LogP contribution in [0.15, 0.2) is 24.3 Å². The van der Waals surface area contributed by atoms with Crippen LogP contribution in [0.1, 0.15) is 52.7 Å². The minimum Gasteiger partial charge on any atom is -0.368 e. The first-order valence-electron chi connectivity index (χ1n) is 9.21. The molecule has 1 aliphatic rings. The second-order valence-corrected chi connectivity index (χ2v) is 7.12. The van der Waals surface area contributed by atoms with Crippen molar-refractivity contribution in [2.24, 2.45) is 12.8 Å². The highest BCUT2D eigenvalue weighted by Crippen LogP contribution is 2.31. The van der Waals surface area contributed by atoms with Crippen LogP contribution >= 0.6 is 0 Å². The van der Waals surface area contributed by atoms with Crippen molar-refractivity contribution in [2.75, 3.05) is 16.8 Å². The van der Waals surface area contributed by atoms with Crippen molar-refractivity contribution >= 4 is 23.2 Å². The van der Waals surface area contributed by atoms with E-state index in [-0.39, 0.29) is 23.0 Å². The SMILES string of the molecule is CC1CCCCN1c1ccc(NC(=O)c2cc(C(F)(F)F)n(C)n2)cc1C(N)=O. The molecular weight excluding hydrogens is 387 g/mol. The standard InChI is InChI=1S/C19H22F3N5O2/c1-11-5-3-4-8-27(11)15-7-6-12(9-13(15)17(23)28)24-18(29)14-10-16(19(20,21)22)26(2)25-14/h6-7,9-11H,3-5,8H2,1-2H3,(H2,23,28)(H,24,29). The average molecular weight is 409 g/mol. The fourth-order valence-corrected chi connectivity index (χ4v) is 3.56. The molecule has 1 unspecified atom stereocenters. The Kier molecular flexibility index (Phi) is 5.54. The number of halogens is 3. The number of nitrogens with two attached hydrogens (primary N) is 1. The molecule has 1 aliphatic heterocycles. The van der Waals surface area contributed by atoms with Gasteiger partial charge in [-0.05, 0) is 44.4 Å². The van der Waals surface area contributed by atoms with Crippen molar-refractivity contribution in [2.45, 2.75) is 38.4 Å². The van der Waals surface area contributed by atoms with Gasteiger partial charge in [0, 0.05) is 37.1 Å². The fraction of sp³-hybridized carbons (Fsp3) is 0.421. The zero-order chi connectivity index (χ0) is 21.3. The number of hydrogen-bond donors (Lipinski definition) is 2. The lowest BCUT2D eigenvalue weighted by Crippen LogP contribution is -2.38. The van der Waals surface area contributed by atoms with Gasteiger partial charge in [0.15, 0.2) is 5.69 Å². The summed E-state index contributed by atoms with van der Waals surface area (Å²) in [5.41, 5.74) is 5.29. The predicted octanol–water partition coefficient (Wildman–Crippen LogP) is 3.17. The molecule has 2 amide bonds. The van der Waals surface area contributed by atoms with Crippen molar-refractivity contribution in [3.05, 3.63) is 41.2 Å². The number of carbonyl (C=O) groups excluding carboxylic acids is 2. The van der Waals surface area contributed by atoms with E-state index in [4.69, 9.17) is 5.73 Å². The van der Waals surface area contributed by atoms with E-state index in [1.165, 1.54) is 6.07 Å². The molecule has 0 saturated carbocycles. The number of alkyl halides is 3. The number of nitrogens with zero attached hydrogens (tertiary/aromatic N) is 3. The molecule has 0 bridgehead atoms. The van der Waals surface area contributed by atoms with Crippen molar-refractivity contribution < 1.29 is 22.8 Å². The lowest BCUT2D eigenvalue weighted by molar-refractivity contribution is -0.143. The van der Waals surface area contributed by atoms with Crippen LogP contribution in [0.3, 0.4) is 0 Å². The zero-order valence-corrected chi connectivity index (χ0v) is 16.1. The van der Waals surface area contributed by atoms with E-state index >= 15 is 0 Å². The van der Waals surface area contributed by atoms with E-state index in [9.17, 15) is 22.8 Å². The van der Waals surface area contributed by atoms with Gasteiger partial charge in [0.1, 0.15) is 5.69 Å². The Labute approximate surface area is 165 Å². The highest BCUT2D eigenvalue weighted by molar-refractivity contribution is 6.05. The fourth-order valence-electron chi connectivity index (χ4n) is 3.56. The summed E-state index contributed by atoms with van der Waals surface area (Å²) < 4.78 is 39.3. The maximum absolute atomic E-state index is 12.9. The van der Waals surface area contributed by atoms with Crippen LogP contribution in [0.2, 0.25) is 0 Å². The summed E-state index contributed by atoms with van der Waals surface area (Å²) in [6, 6.07) is 5.64. The molecule has 29 heavy (non-hydrogen) atoms. The third kappa shape index (κ3) is 4.36. The quantitative estimate of drug-likeness (QED) is 0.811. The second-order valence-electron chi connectivity index (χ2n) is 7.12. The van der Waals surface area contributed by atoms with Crippen LogP contribution in [0, 0.1) is 0 Å². The first-order valence-corrected chi connectivity index (χ1v) is 9.21. The van der Waals surface area contributed by atoms with Crippen LogP contribution in [-0.4, -0.2) is 34.2 Å². The normalized spacial score (nSPS) is 17.3. The number of piperidine rings is 1. The molecule has 10 heteroatoms. The molecule has 0 radical (unpaired) electrons. The van der Waals surface area contributed by atoms with E-state index in [0.717, 1.165) is 32.9 Å². The number of aryl methyl sites for hydroxylation is 1. The van der Waals surface area contributed by atoms with Gasteiger partial charge in [-0.15, -0.1) is 0 Å². The van der Waals surface area contributed by atoms with E-state index in [2.05, 4.69) is 22.2 Å². The van der Waals surface area contributed by atoms with E-state index in [1.807, 2.05) is 0 Å². The number of rotatable bonds is 4. The number of anilines is 2. The first kappa shape index (κ1) is 20.7. The molecule has 1 atom stereocenters. The number of amides is 2. The monoisotopic (exact) mass is 409 g/mol. The molecule has 7 nitrogen and oxygen atoms in total. The Bertz CT molecular complexity index is 938. The third-order valence-corrected chi connectivity index (χ3v) is 5.04. The molecule has 1 saturated heterocycles. The first-order chi connectivity index (χ1) is 13.6. The summed E-state index contributed by atoms with van der Waals surface area (Å²) in [5, 5.41) is 6.09. The summed E-state index contributed by atoms with van der Waals surface area (Å²) in [5.74, 6) is -1.46. The highest BCUT2D eigenvalue weighted by atomic mass is 19.4. The molecule has 156 valence electrons. The highest BCUT2D eigenvalue weighted by Gasteiger charge is 2.35. The summed E-state index contributed by atoms with van der Waals surface area (Å²) >= 11 is 0. The van der Waals surface area contributed by atoms with Crippen molar-refractivity contribution in [3.63, 3.8) is 0 Å². The second kappa shape index (κ2) is 7.76. The van der Waals surface area contributed by atoms with Gasteiger partial charge in [-0.1, -0.05) is 0 Å². The zero-order valence-electron chi connectivity index (χ0n) is 16.1. The van der Waals surface area contributed by atoms with E-state index in [0.29, 0.717) is 16.4 Å². The van der Waals surface area contributed by atoms with Crippen LogP contribution in [0.5, 0.6) is 0 Å². The maximum Gasteiger partial charge on any atom is 0.433 e. The van der Waals surface area contributed by atoms with Gasteiger partial charge >= 0.3 is 6.18 Å². The summed E-state index contributed by atoms with van der Waals surface area (Å²) in [6.07, 6.45) is -1.51. The Morgan fingerprint density at radius 2 is 1.97 bits per heavy atom. The lowest BCUT2D eigenvalue weighted by Gasteiger charge is -2.36. The molecule has 0 aliphatic carbocycles. The molecule has 3 N–H and O–H groups in total.